The fraction of sp³-hybridized carbons (Fsp3) is 0.875. The Kier molecular flexibility index (Phi) is 7.75. The second-order valence-corrected chi connectivity index (χ2v) is 5.34. The molecule has 0 aromatic carbocycles. The lowest BCUT2D eigenvalue weighted by Gasteiger charge is -2.39. The smallest absolute Gasteiger partial charge is 0.00582 e. The van der Waals surface area contributed by atoms with Gasteiger partial charge in [-0.2, -0.15) is 0 Å². The van der Waals surface area contributed by atoms with Crippen LogP contribution < -0.4 is 0 Å². The fourth-order valence-corrected chi connectivity index (χ4v) is 2.35. The molecule has 0 bridgehead atoms. The van der Waals surface area contributed by atoms with Gasteiger partial charge in [0.2, 0.25) is 0 Å². The molecule has 0 saturated heterocycles. The Bertz CT molecular complexity index is 204. The molecule has 0 atom stereocenters. The summed E-state index contributed by atoms with van der Waals surface area (Å²) in [6.45, 7) is 13.5. The summed E-state index contributed by atoms with van der Waals surface area (Å²) in [7, 11) is 0. The van der Waals surface area contributed by atoms with Gasteiger partial charge in [-0.15, -0.1) is 0 Å². The van der Waals surface area contributed by atoms with E-state index in [1.54, 1.807) is 0 Å². The maximum Gasteiger partial charge on any atom is -0.00582 e. The number of rotatable bonds is 0. The molecular formula is C16H36. The highest BCUT2D eigenvalue weighted by Gasteiger charge is 2.60. The van der Waals surface area contributed by atoms with Gasteiger partial charge in [0.05, 0.1) is 0 Å². The van der Waals surface area contributed by atoms with Crippen molar-refractivity contribution in [2.75, 3.05) is 0 Å². The van der Waals surface area contributed by atoms with Crippen molar-refractivity contribution in [2.45, 2.75) is 76.7 Å². The minimum Gasteiger partial charge on any atom is -0.0817 e. The Morgan fingerprint density at radius 1 is 0.750 bits per heavy atom. The summed E-state index contributed by atoms with van der Waals surface area (Å²) < 4.78 is 0. The van der Waals surface area contributed by atoms with Gasteiger partial charge in [0, 0.05) is 0 Å². The molecule has 16 heavy (non-hydrogen) atoms. The van der Waals surface area contributed by atoms with Crippen molar-refractivity contribution in [2.24, 2.45) is 16.2 Å². The van der Waals surface area contributed by atoms with Gasteiger partial charge in [-0.05, 0) is 29.1 Å². The van der Waals surface area contributed by atoms with Crippen LogP contribution in [0.25, 0.3) is 0 Å². The molecule has 0 aliphatic heterocycles. The molecule has 0 radical (unpaired) electrons. The summed E-state index contributed by atoms with van der Waals surface area (Å²) in [5.41, 5.74) is 1.49. The van der Waals surface area contributed by atoms with E-state index in [1.165, 1.54) is 12.8 Å². The molecule has 100 valence electrons. The van der Waals surface area contributed by atoms with E-state index < -0.39 is 0 Å². The highest BCUT2D eigenvalue weighted by molar-refractivity contribution is 5.28. The van der Waals surface area contributed by atoms with Crippen LogP contribution in [0, 0.1) is 16.2 Å². The van der Waals surface area contributed by atoms with E-state index >= 15 is 0 Å². The van der Waals surface area contributed by atoms with Crippen LogP contribution in [0.1, 0.15) is 76.7 Å². The minimum absolute atomic E-state index is 0. The van der Waals surface area contributed by atoms with Crippen molar-refractivity contribution in [3.8, 4) is 0 Å². The number of allylic oxidation sites excluding steroid dienone is 2. The van der Waals surface area contributed by atoms with E-state index in [-0.39, 0.29) is 22.3 Å². The molecule has 2 rings (SSSR count). The van der Waals surface area contributed by atoms with Gasteiger partial charge < -0.3 is 0 Å². The van der Waals surface area contributed by atoms with Crippen LogP contribution in [0.5, 0.6) is 0 Å². The lowest BCUT2D eigenvalue weighted by molar-refractivity contribution is 0.115. The summed E-state index contributed by atoms with van der Waals surface area (Å²) in [6, 6.07) is 0. The van der Waals surface area contributed by atoms with Crippen LogP contribution in [-0.4, -0.2) is 0 Å². The first-order chi connectivity index (χ1) is 5.91. The third-order valence-electron chi connectivity index (χ3n) is 4.46. The van der Waals surface area contributed by atoms with E-state index in [0.717, 1.165) is 0 Å². The average Bonchev–Trinajstić information content (AvgIpc) is 2.82. The minimum atomic E-state index is 0. The van der Waals surface area contributed by atoms with Gasteiger partial charge in [-0.3, -0.25) is 0 Å². The molecule has 0 aromatic heterocycles. The van der Waals surface area contributed by atoms with Gasteiger partial charge >= 0.3 is 0 Å². The summed E-state index contributed by atoms with van der Waals surface area (Å²) >= 11 is 0. The van der Waals surface area contributed by atoms with Gasteiger partial charge in [-0.1, -0.05) is 76.0 Å². The molecule has 0 amide bonds. The SMILES string of the molecule is C.C.C.CC.CC1(C)C=CC2(CC2)C1(C)C. The van der Waals surface area contributed by atoms with E-state index in [9.17, 15) is 0 Å². The maximum atomic E-state index is 2.47. The zero-order valence-corrected chi connectivity index (χ0v) is 10.1. The maximum absolute atomic E-state index is 2.47. The van der Waals surface area contributed by atoms with Crippen LogP contribution >= 0.6 is 0 Å². The quantitative estimate of drug-likeness (QED) is 0.425. The summed E-state index contributed by atoms with van der Waals surface area (Å²) in [6.07, 6.45) is 7.72. The first kappa shape index (κ1) is 21.1. The first-order valence-electron chi connectivity index (χ1n) is 5.62. The third-order valence-corrected chi connectivity index (χ3v) is 4.46. The molecule has 0 unspecified atom stereocenters. The van der Waals surface area contributed by atoms with Crippen LogP contribution in [0.3, 0.4) is 0 Å². The molecule has 1 spiro atoms. The number of hydrogen-bond acceptors (Lipinski definition) is 0. The van der Waals surface area contributed by atoms with Crippen molar-refractivity contribution >= 4 is 0 Å². The molecule has 0 aromatic rings. The summed E-state index contributed by atoms with van der Waals surface area (Å²) in [5, 5.41) is 0. The molecule has 1 saturated carbocycles. The lowest BCUT2D eigenvalue weighted by Crippen LogP contribution is -2.33. The molecular weight excluding hydrogens is 192 g/mol. The van der Waals surface area contributed by atoms with Crippen molar-refractivity contribution in [1.29, 1.82) is 0 Å². The number of hydrogen-bond donors (Lipinski definition) is 0. The van der Waals surface area contributed by atoms with Crippen molar-refractivity contribution in [3.63, 3.8) is 0 Å². The van der Waals surface area contributed by atoms with Crippen LogP contribution in [0.2, 0.25) is 0 Å². The monoisotopic (exact) mass is 228 g/mol. The van der Waals surface area contributed by atoms with Crippen LogP contribution in [0.4, 0.5) is 0 Å². The Balaban J connectivity index is -0.000000321. The lowest BCUT2D eigenvalue weighted by atomic mass is 9.64. The summed E-state index contributed by atoms with van der Waals surface area (Å²) in [4.78, 5) is 0. The fourth-order valence-electron chi connectivity index (χ4n) is 2.35. The van der Waals surface area contributed by atoms with E-state index in [4.69, 9.17) is 0 Å². The van der Waals surface area contributed by atoms with Crippen molar-refractivity contribution in [3.05, 3.63) is 12.2 Å². The zero-order chi connectivity index (χ0) is 10.3. The molecule has 2 aliphatic rings. The molecule has 1 fully saturated rings. The van der Waals surface area contributed by atoms with Gasteiger partial charge in [0.15, 0.2) is 0 Å². The summed E-state index contributed by atoms with van der Waals surface area (Å²) in [5.74, 6) is 0. The standard InChI is InChI=1S/C11H18.C2H6.3CH4/c1-9(2)5-6-11(7-8-11)10(9,3)4;1-2;;;/h5-6H,7-8H2,1-4H3;1-2H3;3*1H4. The average molecular weight is 228 g/mol. The van der Waals surface area contributed by atoms with Crippen LogP contribution in [-0.2, 0) is 0 Å². The molecule has 0 heterocycles. The molecule has 0 N–H and O–H groups in total. The van der Waals surface area contributed by atoms with Crippen molar-refractivity contribution in [1.82, 2.24) is 0 Å². The zero-order valence-electron chi connectivity index (χ0n) is 10.1. The third kappa shape index (κ3) is 2.52. The normalized spacial score (nSPS) is 24.1. The Hall–Kier alpha value is -0.260. The molecule has 2 aliphatic carbocycles. The first-order valence-corrected chi connectivity index (χ1v) is 5.62. The van der Waals surface area contributed by atoms with E-state index in [2.05, 4.69) is 39.8 Å². The van der Waals surface area contributed by atoms with Gasteiger partial charge in [0.25, 0.3) is 0 Å². The largest absolute Gasteiger partial charge is 0.0817 e. The highest BCUT2D eigenvalue weighted by Crippen LogP contribution is 2.69. The van der Waals surface area contributed by atoms with Crippen molar-refractivity contribution < 1.29 is 0 Å². The van der Waals surface area contributed by atoms with E-state index in [1.807, 2.05) is 13.8 Å². The Labute approximate surface area is 106 Å². The highest BCUT2D eigenvalue weighted by atomic mass is 14.6. The second-order valence-electron chi connectivity index (χ2n) is 5.34. The Morgan fingerprint density at radius 2 is 1.12 bits per heavy atom. The predicted molar refractivity (Wildman–Crippen MR) is 79.9 cm³/mol. The molecule has 0 nitrogen and oxygen atoms in total. The second kappa shape index (κ2) is 5.89. The van der Waals surface area contributed by atoms with Crippen LogP contribution in [0.15, 0.2) is 12.2 Å². The van der Waals surface area contributed by atoms with Gasteiger partial charge in [0.1, 0.15) is 0 Å². The molecule has 0 heteroatoms. The Morgan fingerprint density at radius 3 is 1.25 bits per heavy atom. The topological polar surface area (TPSA) is 0 Å². The van der Waals surface area contributed by atoms with E-state index in [0.29, 0.717) is 16.2 Å². The predicted octanol–water partition coefficient (Wildman–Crippen LogP) is 6.32. The van der Waals surface area contributed by atoms with Gasteiger partial charge in [-0.25, -0.2) is 0 Å².